The molecule has 4 aromatic rings. The summed E-state index contributed by atoms with van der Waals surface area (Å²) in [5.41, 5.74) is 4.56. The van der Waals surface area contributed by atoms with Gasteiger partial charge in [-0.15, -0.1) is 0 Å². The molecule has 1 N–H and O–H groups in total. The van der Waals surface area contributed by atoms with E-state index < -0.39 is 0 Å². The lowest BCUT2D eigenvalue weighted by molar-refractivity contribution is 0.895. The number of benzene rings is 4. The van der Waals surface area contributed by atoms with Crippen LogP contribution in [0.1, 0.15) is 11.1 Å². The molecule has 26 heavy (non-hydrogen) atoms. The van der Waals surface area contributed by atoms with E-state index in [9.17, 15) is 0 Å². The van der Waals surface area contributed by atoms with E-state index in [0.717, 1.165) is 11.4 Å². The van der Waals surface area contributed by atoms with E-state index in [2.05, 4.69) is 96.3 Å². The first-order chi connectivity index (χ1) is 12.9. The SMILES string of the molecule is C1=C(c2cccc3ccccc23)NCN=C1c1cccc2ccccc12. The van der Waals surface area contributed by atoms with Crippen LogP contribution in [-0.2, 0) is 0 Å². The van der Waals surface area contributed by atoms with Gasteiger partial charge in [-0.1, -0.05) is 84.9 Å². The number of aliphatic imine (C=N–C) groups is 1. The molecule has 0 saturated heterocycles. The van der Waals surface area contributed by atoms with Gasteiger partial charge in [-0.05, 0) is 27.6 Å². The predicted molar refractivity (Wildman–Crippen MR) is 110 cm³/mol. The normalized spacial score (nSPS) is 14.0. The summed E-state index contributed by atoms with van der Waals surface area (Å²) in [6.07, 6.45) is 2.17. The van der Waals surface area contributed by atoms with Crippen LogP contribution >= 0.6 is 0 Å². The van der Waals surface area contributed by atoms with Gasteiger partial charge in [0.05, 0.1) is 5.71 Å². The molecule has 0 bridgehead atoms. The second-order valence-electron chi connectivity index (χ2n) is 6.49. The van der Waals surface area contributed by atoms with E-state index in [-0.39, 0.29) is 0 Å². The van der Waals surface area contributed by atoms with Crippen LogP contribution in [0.25, 0.3) is 27.2 Å². The number of hydrogen-bond donors (Lipinski definition) is 1. The molecule has 0 spiro atoms. The number of hydrogen-bond acceptors (Lipinski definition) is 2. The fourth-order valence-electron chi connectivity index (χ4n) is 3.69. The highest BCUT2D eigenvalue weighted by atomic mass is 15.0. The smallest absolute Gasteiger partial charge is 0.108 e. The second kappa shape index (κ2) is 6.16. The Morgan fingerprint density at radius 2 is 1.19 bits per heavy atom. The van der Waals surface area contributed by atoms with Crippen LogP contribution in [0.15, 0.2) is 96.0 Å². The average Bonchev–Trinajstić information content (AvgIpc) is 2.73. The molecule has 0 aromatic heterocycles. The molecule has 1 aliphatic rings. The maximum Gasteiger partial charge on any atom is 0.108 e. The molecular weight excluding hydrogens is 316 g/mol. The second-order valence-corrected chi connectivity index (χ2v) is 6.49. The van der Waals surface area contributed by atoms with Crippen molar-refractivity contribution in [1.29, 1.82) is 0 Å². The van der Waals surface area contributed by atoms with Crippen molar-refractivity contribution < 1.29 is 0 Å². The molecule has 4 aromatic carbocycles. The third-order valence-corrected chi connectivity index (χ3v) is 4.95. The summed E-state index contributed by atoms with van der Waals surface area (Å²) in [4.78, 5) is 4.73. The third-order valence-electron chi connectivity index (χ3n) is 4.95. The monoisotopic (exact) mass is 334 g/mol. The van der Waals surface area contributed by atoms with Gasteiger partial charge in [-0.3, -0.25) is 4.99 Å². The molecule has 0 saturated carbocycles. The van der Waals surface area contributed by atoms with Gasteiger partial charge in [0.15, 0.2) is 0 Å². The maximum atomic E-state index is 4.73. The summed E-state index contributed by atoms with van der Waals surface area (Å²) in [6.45, 7) is 0.591. The highest BCUT2D eigenvalue weighted by molar-refractivity contribution is 6.19. The van der Waals surface area contributed by atoms with Crippen molar-refractivity contribution in [1.82, 2.24) is 5.32 Å². The van der Waals surface area contributed by atoms with E-state index in [1.807, 2.05) is 0 Å². The first-order valence-corrected chi connectivity index (χ1v) is 8.86. The van der Waals surface area contributed by atoms with Gasteiger partial charge in [-0.25, -0.2) is 0 Å². The molecule has 0 atom stereocenters. The van der Waals surface area contributed by atoms with Crippen molar-refractivity contribution in [3.8, 4) is 0 Å². The Morgan fingerprint density at radius 3 is 1.92 bits per heavy atom. The Morgan fingerprint density at radius 1 is 0.615 bits per heavy atom. The zero-order chi connectivity index (χ0) is 17.3. The summed E-state index contributed by atoms with van der Waals surface area (Å²) in [6, 6.07) is 29.8. The van der Waals surface area contributed by atoms with Crippen LogP contribution in [0.3, 0.4) is 0 Å². The Bertz CT molecular complexity index is 1170. The van der Waals surface area contributed by atoms with Crippen LogP contribution in [-0.4, -0.2) is 12.4 Å². The van der Waals surface area contributed by atoms with Gasteiger partial charge in [0, 0.05) is 16.8 Å². The van der Waals surface area contributed by atoms with Gasteiger partial charge in [0.25, 0.3) is 0 Å². The number of allylic oxidation sites excluding steroid dienone is 1. The predicted octanol–water partition coefficient (Wildman–Crippen LogP) is 5.38. The fraction of sp³-hybridized carbons (Fsp3) is 0.0417. The first kappa shape index (κ1) is 14.9. The number of rotatable bonds is 2. The van der Waals surface area contributed by atoms with E-state index in [0.29, 0.717) is 6.67 Å². The van der Waals surface area contributed by atoms with Gasteiger partial charge >= 0.3 is 0 Å². The summed E-state index contributed by atoms with van der Waals surface area (Å²) in [7, 11) is 0. The minimum Gasteiger partial charge on any atom is -0.366 e. The maximum absolute atomic E-state index is 4.73. The molecular formula is C24H18N2. The van der Waals surface area contributed by atoms with Crippen molar-refractivity contribution in [3.05, 3.63) is 102 Å². The zero-order valence-corrected chi connectivity index (χ0v) is 14.3. The molecule has 2 nitrogen and oxygen atoms in total. The molecule has 124 valence electrons. The lowest BCUT2D eigenvalue weighted by atomic mass is 9.97. The Hall–Kier alpha value is -3.39. The van der Waals surface area contributed by atoms with Gasteiger partial charge in [0.2, 0.25) is 0 Å². The first-order valence-electron chi connectivity index (χ1n) is 8.86. The van der Waals surface area contributed by atoms with Gasteiger partial charge in [-0.2, -0.15) is 0 Å². The summed E-state index contributed by atoms with van der Waals surface area (Å²) >= 11 is 0. The molecule has 1 heterocycles. The Kier molecular flexibility index (Phi) is 3.53. The topological polar surface area (TPSA) is 24.4 Å². The Labute approximate surface area is 152 Å². The quantitative estimate of drug-likeness (QED) is 0.522. The zero-order valence-electron chi connectivity index (χ0n) is 14.3. The standard InChI is InChI=1S/C24H18N2/c1-3-11-19-17(7-1)9-5-13-21(19)23-15-24(26-16-25-23)22-14-6-10-18-8-2-4-12-20(18)22/h1-15,25H,16H2. The van der Waals surface area contributed by atoms with Crippen LogP contribution < -0.4 is 5.32 Å². The third kappa shape index (κ3) is 2.47. The van der Waals surface area contributed by atoms with E-state index in [1.165, 1.54) is 32.7 Å². The summed E-state index contributed by atoms with van der Waals surface area (Å²) in [5, 5.41) is 8.44. The molecule has 1 aliphatic heterocycles. The van der Waals surface area contributed by atoms with E-state index in [1.54, 1.807) is 0 Å². The minimum atomic E-state index is 0.591. The lowest BCUT2D eigenvalue weighted by Gasteiger charge is -2.18. The van der Waals surface area contributed by atoms with Crippen LogP contribution in [0.4, 0.5) is 0 Å². The molecule has 0 radical (unpaired) electrons. The number of fused-ring (bicyclic) bond motifs is 2. The van der Waals surface area contributed by atoms with Crippen LogP contribution in [0, 0.1) is 0 Å². The highest BCUT2D eigenvalue weighted by Gasteiger charge is 2.13. The van der Waals surface area contributed by atoms with E-state index >= 15 is 0 Å². The number of nitrogens with zero attached hydrogens (tertiary/aromatic N) is 1. The highest BCUT2D eigenvalue weighted by Crippen LogP contribution is 2.27. The fourth-order valence-corrected chi connectivity index (χ4v) is 3.69. The molecule has 5 rings (SSSR count). The summed E-state index contributed by atoms with van der Waals surface area (Å²) < 4.78 is 0. The Balaban J connectivity index is 1.66. The van der Waals surface area contributed by atoms with Crippen LogP contribution in [0.2, 0.25) is 0 Å². The molecule has 0 aliphatic carbocycles. The van der Waals surface area contributed by atoms with Crippen molar-refractivity contribution in [2.24, 2.45) is 4.99 Å². The summed E-state index contributed by atoms with van der Waals surface area (Å²) in [5.74, 6) is 0. The molecule has 2 heteroatoms. The van der Waals surface area contributed by atoms with Crippen molar-refractivity contribution in [3.63, 3.8) is 0 Å². The lowest BCUT2D eigenvalue weighted by Crippen LogP contribution is -2.20. The largest absolute Gasteiger partial charge is 0.366 e. The van der Waals surface area contributed by atoms with E-state index in [4.69, 9.17) is 4.99 Å². The van der Waals surface area contributed by atoms with Crippen molar-refractivity contribution >= 4 is 33.0 Å². The van der Waals surface area contributed by atoms with Crippen molar-refractivity contribution in [2.45, 2.75) is 0 Å². The molecule has 0 fully saturated rings. The van der Waals surface area contributed by atoms with Crippen molar-refractivity contribution in [2.75, 3.05) is 6.67 Å². The van der Waals surface area contributed by atoms with Gasteiger partial charge < -0.3 is 5.32 Å². The number of nitrogens with one attached hydrogen (secondary N) is 1. The van der Waals surface area contributed by atoms with Crippen LogP contribution in [0.5, 0.6) is 0 Å². The minimum absolute atomic E-state index is 0.591. The molecule has 0 unspecified atom stereocenters. The van der Waals surface area contributed by atoms with Gasteiger partial charge in [0.1, 0.15) is 6.67 Å². The molecule has 0 amide bonds. The average molecular weight is 334 g/mol.